The molecule has 0 unspecified atom stereocenters. The maximum absolute atomic E-state index is 12.5. The topological polar surface area (TPSA) is 94.1 Å². The second kappa shape index (κ2) is 9.13. The first-order valence-corrected chi connectivity index (χ1v) is 9.57. The number of hydrogen-bond acceptors (Lipinski definition) is 8. The van der Waals surface area contributed by atoms with Gasteiger partial charge in [-0.15, -0.1) is 13.2 Å². The van der Waals surface area contributed by atoms with Gasteiger partial charge in [0.05, 0.1) is 0 Å². The summed E-state index contributed by atoms with van der Waals surface area (Å²) in [6.07, 6.45) is 1.38. The molecule has 0 aromatic carbocycles. The molecular weight excluding hydrogens is 413 g/mol. The zero-order chi connectivity index (χ0) is 21.7. The highest BCUT2D eigenvalue weighted by molar-refractivity contribution is 5.64. The molecule has 0 atom stereocenters. The van der Waals surface area contributed by atoms with Gasteiger partial charge in [-0.25, -0.2) is 15.0 Å². The molecule has 11 heteroatoms. The standard InChI is InChI=1S/C20H19F3N6O2/c21-20(22,23)31-15-3-7-25-16(10-15)27-18-11-17(26-14-4-8-30-9-5-14)28-19(29-18)13-2-1-6-24-12-13/h1-3,6-7,10-12,14H,4-5,8-9H2,(H2,25,26,27,28,29). The Morgan fingerprint density at radius 2 is 1.81 bits per heavy atom. The van der Waals surface area contributed by atoms with E-state index >= 15 is 0 Å². The molecule has 1 aliphatic heterocycles. The summed E-state index contributed by atoms with van der Waals surface area (Å²) in [5.41, 5.74) is 0.697. The van der Waals surface area contributed by atoms with Crippen molar-refractivity contribution < 1.29 is 22.6 Å². The molecule has 3 aromatic heterocycles. The lowest BCUT2D eigenvalue weighted by molar-refractivity contribution is -0.274. The van der Waals surface area contributed by atoms with E-state index in [0.717, 1.165) is 25.0 Å². The predicted octanol–water partition coefficient (Wildman–Crippen LogP) is 4.17. The van der Waals surface area contributed by atoms with E-state index in [4.69, 9.17) is 4.74 Å². The largest absolute Gasteiger partial charge is 0.573 e. The molecule has 1 fully saturated rings. The summed E-state index contributed by atoms with van der Waals surface area (Å²) in [6, 6.07) is 7.72. The second-order valence-corrected chi connectivity index (χ2v) is 6.78. The van der Waals surface area contributed by atoms with Crippen LogP contribution in [0, 0.1) is 0 Å². The highest BCUT2D eigenvalue weighted by Crippen LogP contribution is 2.27. The fourth-order valence-corrected chi connectivity index (χ4v) is 3.07. The molecule has 4 rings (SSSR count). The van der Waals surface area contributed by atoms with Crippen molar-refractivity contribution in [3.8, 4) is 17.1 Å². The summed E-state index contributed by atoms with van der Waals surface area (Å²) in [4.78, 5) is 17.2. The molecule has 0 aliphatic carbocycles. The normalized spacial score (nSPS) is 14.8. The number of aromatic nitrogens is 4. The first-order chi connectivity index (χ1) is 14.9. The molecule has 0 bridgehead atoms. The molecule has 0 saturated carbocycles. The number of rotatable bonds is 6. The Bertz CT molecular complexity index is 1010. The first kappa shape index (κ1) is 20.8. The van der Waals surface area contributed by atoms with Crippen LogP contribution in [-0.4, -0.2) is 45.6 Å². The van der Waals surface area contributed by atoms with Gasteiger partial charge in [0.1, 0.15) is 23.2 Å². The van der Waals surface area contributed by atoms with E-state index in [1.807, 2.05) is 6.07 Å². The van der Waals surface area contributed by atoms with E-state index < -0.39 is 6.36 Å². The zero-order valence-electron chi connectivity index (χ0n) is 16.3. The van der Waals surface area contributed by atoms with Crippen LogP contribution in [0.1, 0.15) is 12.8 Å². The van der Waals surface area contributed by atoms with Gasteiger partial charge in [-0.2, -0.15) is 0 Å². The molecule has 0 amide bonds. The summed E-state index contributed by atoms with van der Waals surface area (Å²) in [5.74, 6) is 1.11. The quantitative estimate of drug-likeness (QED) is 0.600. The molecule has 3 aromatic rings. The van der Waals surface area contributed by atoms with Crippen LogP contribution in [0.15, 0.2) is 48.9 Å². The van der Waals surface area contributed by atoms with Crippen LogP contribution < -0.4 is 15.4 Å². The zero-order valence-corrected chi connectivity index (χ0v) is 16.3. The van der Waals surface area contributed by atoms with Gasteiger partial charge in [-0.05, 0) is 31.0 Å². The lowest BCUT2D eigenvalue weighted by atomic mass is 10.1. The van der Waals surface area contributed by atoms with E-state index in [9.17, 15) is 13.2 Å². The van der Waals surface area contributed by atoms with Gasteiger partial charge in [-0.1, -0.05) is 0 Å². The third kappa shape index (κ3) is 6.01. The van der Waals surface area contributed by atoms with Gasteiger partial charge < -0.3 is 20.1 Å². The lowest BCUT2D eigenvalue weighted by Crippen LogP contribution is -2.28. The molecular formula is C20H19F3N6O2. The van der Waals surface area contributed by atoms with Crippen LogP contribution in [-0.2, 0) is 4.74 Å². The minimum absolute atomic E-state index is 0.148. The summed E-state index contributed by atoms with van der Waals surface area (Å²) in [7, 11) is 0. The molecule has 8 nitrogen and oxygen atoms in total. The second-order valence-electron chi connectivity index (χ2n) is 6.78. The van der Waals surface area contributed by atoms with E-state index in [2.05, 4.69) is 35.3 Å². The molecule has 0 spiro atoms. The Balaban J connectivity index is 1.61. The lowest BCUT2D eigenvalue weighted by Gasteiger charge is -2.24. The summed E-state index contributed by atoms with van der Waals surface area (Å²) < 4.78 is 46.9. The minimum atomic E-state index is -4.79. The van der Waals surface area contributed by atoms with Crippen molar-refractivity contribution in [1.29, 1.82) is 0 Å². The van der Waals surface area contributed by atoms with Gasteiger partial charge >= 0.3 is 6.36 Å². The number of hydrogen-bond donors (Lipinski definition) is 2. The van der Waals surface area contributed by atoms with Gasteiger partial charge in [0, 0.05) is 55.5 Å². The van der Waals surface area contributed by atoms with E-state index in [1.165, 1.54) is 6.20 Å². The van der Waals surface area contributed by atoms with Gasteiger partial charge in [-0.3, -0.25) is 4.98 Å². The van der Waals surface area contributed by atoms with Gasteiger partial charge in [0.25, 0.3) is 0 Å². The Morgan fingerprint density at radius 3 is 2.55 bits per heavy atom. The average Bonchev–Trinajstić information content (AvgIpc) is 2.74. The van der Waals surface area contributed by atoms with Crippen LogP contribution >= 0.6 is 0 Å². The number of ether oxygens (including phenoxy) is 2. The first-order valence-electron chi connectivity index (χ1n) is 9.57. The van der Waals surface area contributed by atoms with Crippen molar-refractivity contribution in [3.05, 3.63) is 48.9 Å². The van der Waals surface area contributed by atoms with Crippen LogP contribution in [0.4, 0.5) is 30.6 Å². The highest BCUT2D eigenvalue weighted by atomic mass is 19.4. The summed E-state index contributed by atoms with van der Waals surface area (Å²) >= 11 is 0. The Labute approximate surface area is 175 Å². The third-order valence-electron chi connectivity index (χ3n) is 4.44. The minimum Gasteiger partial charge on any atom is -0.406 e. The van der Waals surface area contributed by atoms with Crippen molar-refractivity contribution in [2.75, 3.05) is 23.8 Å². The summed E-state index contributed by atoms with van der Waals surface area (Å²) in [5, 5.41) is 6.30. The van der Waals surface area contributed by atoms with Crippen molar-refractivity contribution >= 4 is 17.5 Å². The summed E-state index contributed by atoms with van der Waals surface area (Å²) in [6.45, 7) is 1.33. The molecule has 0 radical (unpaired) electrons. The van der Waals surface area contributed by atoms with Crippen LogP contribution in [0.3, 0.4) is 0 Å². The van der Waals surface area contributed by atoms with E-state index in [1.54, 1.807) is 24.5 Å². The van der Waals surface area contributed by atoms with Crippen molar-refractivity contribution in [1.82, 2.24) is 19.9 Å². The molecule has 1 saturated heterocycles. The van der Waals surface area contributed by atoms with E-state index in [-0.39, 0.29) is 17.6 Å². The third-order valence-corrected chi connectivity index (χ3v) is 4.44. The maximum Gasteiger partial charge on any atom is 0.573 e. The van der Waals surface area contributed by atoms with Crippen LogP contribution in [0.2, 0.25) is 0 Å². The molecule has 4 heterocycles. The van der Waals surface area contributed by atoms with E-state index in [0.29, 0.717) is 36.2 Å². The Hall–Kier alpha value is -3.47. The number of nitrogens with one attached hydrogen (secondary N) is 2. The fourth-order valence-electron chi connectivity index (χ4n) is 3.07. The van der Waals surface area contributed by atoms with Gasteiger partial charge in [0.2, 0.25) is 0 Å². The smallest absolute Gasteiger partial charge is 0.406 e. The molecule has 162 valence electrons. The SMILES string of the molecule is FC(F)(F)Oc1ccnc(Nc2cc(NC3CCOCC3)nc(-c3cccnc3)n2)c1. The van der Waals surface area contributed by atoms with Crippen LogP contribution in [0.5, 0.6) is 5.75 Å². The highest BCUT2D eigenvalue weighted by Gasteiger charge is 2.31. The molecule has 2 N–H and O–H groups in total. The number of alkyl halides is 3. The Kier molecular flexibility index (Phi) is 6.12. The average molecular weight is 432 g/mol. The number of anilines is 3. The van der Waals surface area contributed by atoms with Crippen LogP contribution in [0.25, 0.3) is 11.4 Å². The maximum atomic E-state index is 12.5. The van der Waals surface area contributed by atoms with Crippen molar-refractivity contribution in [2.24, 2.45) is 0 Å². The number of nitrogens with zero attached hydrogens (tertiary/aromatic N) is 4. The van der Waals surface area contributed by atoms with Gasteiger partial charge in [0.15, 0.2) is 5.82 Å². The predicted molar refractivity (Wildman–Crippen MR) is 107 cm³/mol. The monoisotopic (exact) mass is 432 g/mol. The van der Waals surface area contributed by atoms with Crippen molar-refractivity contribution in [2.45, 2.75) is 25.2 Å². The van der Waals surface area contributed by atoms with Crippen molar-refractivity contribution in [3.63, 3.8) is 0 Å². The Morgan fingerprint density at radius 1 is 1.00 bits per heavy atom. The molecule has 31 heavy (non-hydrogen) atoms. The number of halogens is 3. The fraction of sp³-hybridized carbons (Fsp3) is 0.300. The molecule has 1 aliphatic rings. The number of pyridine rings is 2.